The first-order valence-electron chi connectivity index (χ1n) is 6.00. The van der Waals surface area contributed by atoms with Gasteiger partial charge in [0.1, 0.15) is 11.6 Å². The van der Waals surface area contributed by atoms with Gasteiger partial charge in [0.15, 0.2) is 0 Å². The molecule has 0 spiro atoms. The number of piperidine rings is 1. The fourth-order valence-electron chi connectivity index (χ4n) is 2.31. The van der Waals surface area contributed by atoms with Gasteiger partial charge in [0.05, 0.1) is 0 Å². The van der Waals surface area contributed by atoms with Gasteiger partial charge in [-0.2, -0.15) is 0 Å². The quantitative estimate of drug-likeness (QED) is 0.871. The van der Waals surface area contributed by atoms with Gasteiger partial charge in [0, 0.05) is 25.2 Å². The molecule has 2 nitrogen and oxygen atoms in total. The van der Waals surface area contributed by atoms with Crippen LogP contribution in [0.3, 0.4) is 0 Å². The molecule has 2 rings (SSSR count). The Morgan fingerprint density at radius 3 is 2.65 bits per heavy atom. The van der Waals surface area contributed by atoms with Crippen LogP contribution in [0.25, 0.3) is 0 Å². The molecule has 0 saturated carbocycles. The van der Waals surface area contributed by atoms with Gasteiger partial charge in [-0.25, -0.2) is 8.78 Å². The Morgan fingerprint density at radius 2 is 2.00 bits per heavy atom. The summed E-state index contributed by atoms with van der Waals surface area (Å²) in [7, 11) is 2.09. The van der Waals surface area contributed by atoms with E-state index in [1.54, 1.807) is 0 Å². The lowest BCUT2D eigenvalue weighted by molar-refractivity contribution is 0.226. The van der Waals surface area contributed by atoms with Crippen molar-refractivity contribution < 1.29 is 8.78 Å². The van der Waals surface area contributed by atoms with Crippen molar-refractivity contribution in [3.63, 3.8) is 0 Å². The minimum absolute atomic E-state index is 0.417. The van der Waals surface area contributed by atoms with E-state index in [9.17, 15) is 8.78 Å². The van der Waals surface area contributed by atoms with Gasteiger partial charge in [0.2, 0.25) is 0 Å². The van der Waals surface area contributed by atoms with Crippen LogP contribution in [0.5, 0.6) is 0 Å². The Labute approximate surface area is 101 Å². The molecule has 0 amide bonds. The highest BCUT2D eigenvalue weighted by atomic mass is 19.1. The summed E-state index contributed by atoms with van der Waals surface area (Å²) in [5.41, 5.74) is 0.663. The predicted octanol–water partition coefficient (Wildman–Crippen LogP) is 2.15. The number of halogens is 2. The van der Waals surface area contributed by atoms with Crippen molar-refractivity contribution in [1.29, 1.82) is 0 Å². The van der Waals surface area contributed by atoms with Gasteiger partial charge in [-0.15, -0.1) is 0 Å². The third kappa shape index (κ3) is 3.75. The third-order valence-corrected chi connectivity index (χ3v) is 3.14. The molecule has 0 aliphatic carbocycles. The van der Waals surface area contributed by atoms with Crippen LogP contribution in [0.15, 0.2) is 18.2 Å². The third-order valence-electron chi connectivity index (χ3n) is 3.14. The molecule has 0 bridgehead atoms. The van der Waals surface area contributed by atoms with Gasteiger partial charge in [-0.3, -0.25) is 0 Å². The summed E-state index contributed by atoms with van der Waals surface area (Å²) in [6.45, 7) is 2.65. The first-order valence-corrected chi connectivity index (χ1v) is 6.00. The van der Waals surface area contributed by atoms with Crippen LogP contribution < -0.4 is 5.32 Å². The molecule has 1 unspecified atom stereocenters. The summed E-state index contributed by atoms with van der Waals surface area (Å²) < 4.78 is 26.0. The fraction of sp³-hybridized carbons (Fsp3) is 0.538. The smallest absolute Gasteiger partial charge is 0.126 e. The molecule has 1 aliphatic rings. The maximum atomic E-state index is 13.0. The molecule has 1 aromatic carbocycles. The minimum Gasteiger partial charge on any atom is -0.309 e. The Kier molecular flexibility index (Phi) is 4.07. The SMILES string of the molecule is CN1CCCC(NCc2cc(F)cc(F)c2)C1. The second kappa shape index (κ2) is 5.56. The molecule has 4 heteroatoms. The summed E-state index contributed by atoms with van der Waals surface area (Å²) in [6, 6.07) is 4.07. The molecule has 1 aromatic rings. The van der Waals surface area contributed by atoms with Gasteiger partial charge in [0.25, 0.3) is 0 Å². The lowest BCUT2D eigenvalue weighted by Crippen LogP contribution is -2.43. The molecule has 1 N–H and O–H groups in total. The monoisotopic (exact) mass is 240 g/mol. The van der Waals surface area contributed by atoms with E-state index in [1.165, 1.54) is 18.6 Å². The number of hydrogen-bond acceptors (Lipinski definition) is 2. The highest BCUT2D eigenvalue weighted by molar-refractivity contribution is 5.17. The van der Waals surface area contributed by atoms with Crippen LogP contribution in [0.2, 0.25) is 0 Å². The molecule has 1 saturated heterocycles. The van der Waals surface area contributed by atoms with Crippen LogP contribution in [0, 0.1) is 11.6 Å². The first-order chi connectivity index (χ1) is 8.13. The van der Waals surface area contributed by atoms with E-state index in [1.807, 2.05) is 0 Å². The number of likely N-dealkylation sites (tertiary alicyclic amines) is 1. The van der Waals surface area contributed by atoms with E-state index in [2.05, 4.69) is 17.3 Å². The average molecular weight is 240 g/mol. The van der Waals surface area contributed by atoms with E-state index in [0.29, 0.717) is 18.2 Å². The lowest BCUT2D eigenvalue weighted by Gasteiger charge is -2.30. The largest absolute Gasteiger partial charge is 0.309 e. The van der Waals surface area contributed by atoms with E-state index in [0.717, 1.165) is 25.6 Å². The molecule has 17 heavy (non-hydrogen) atoms. The van der Waals surface area contributed by atoms with E-state index in [4.69, 9.17) is 0 Å². The molecule has 1 aliphatic heterocycles. The Morgan fingerprint density at radius 1 is 1.29 bits per heavy atom. The second-order valence-electron chi connectivity index (χ2n) is 4.76. The molecular weight excluding hydrogens is 222 g/mol. The van der Waals surface area contributed by atoms with Crippen molar-refractivity contribution in [1.82, 2.24) is 10.2 Å². The van der Waals surface area contributed by atoms with E-state index < -0.39 is 11.6 Å². The molecule has 0 aromatic heterocycles. The maximum Gasteiger partial charge on any atom is 0.126 e. The average Bonchev–Trinajstić information content (AvgIpc) is 2.25. The maximum absolute atomic E-state index is 13.0. The second-order valence-corrected chi connectivity index (χ2v) is 4.76. The summed E-state index contributed by atoms with van der Waals surface area (Å²) in [4.78, 5) is 2.27. The van der Waals surface area contributed by atoms with Crippen LogP contribution in [0.1, 0.15) is 18.4 Å². The predicted molar refractivity (Wildman–Crippen MR) is 63.7 cm³/mol. The van der Waals surface area contributed by atoms with Crippen LogP contribution in [0.4, 0.5) is 8.78 Å². The van der Waals surface area contributed by atoms with Crippen molar-refractivity contribution in [3.05, 3.63) is 35.4 Å². The summed E-state index contributed by atoms with van der Waals surface area (Å²) in [5.74, 6) is -1.02. The van der Waals surface area contributed by atoms with Crippen LogP contribution >= 0.6 is 0 Å². The summed E-state index contributed by atoms with van der Waals surface area (Å²) in [5, 5.41) is 3.35. The van der Waals surface area contributed by atoms with Crippen molar-refractivity contribution in [3.8, 4) is 0 Å². The van der Waals surface area contributed by atoms with Gasteiger partial charge in [-0.05, 0) is 44.1 Å². The zero-order chi connectivity index (χ0) is 12.3. The van der Waals surface area contributed by atoms with Gasteiger partial charge >= 0.3 is 0 Å². The Hall–Kier alpha value is -1.00. The number of benzene rings is 1. The zero-order valence-electron chi connectivity index (χ0n) is 10.0. The van der Waals surface area contributed by atoms with Gasteiger partial charge < -0.3 is 10.2 Å². The Balaban J connectivity index is 1.88. The molecule has 94 valence electrons. The van der Waals surface area contributed by atoms with Crippen LogP contribution in [-0.2, 0) is 6.54 Å². The molecule has 1 fully saturated rings. The topological polar surface area (TPSA) is 15.3 Å². The number of nitrogens with one attached hydrogen (secondary N) is 1. The first kappa shape index (κ1) is 12.5. The van der Waals surface area contributed by atoms with Crippen molar-refractivity contribution in [2.75, 3.05) is 20.1 Å². The molecule has 1 heterocycles. The number of nitrogens with zero attached hydrogens (tertiary/aromatic N) is 1. The van der Waals surface area contributed by atoms with Gasteiger partial charge in [-0.1, -0.05) is 0 Å². The molecular formula is C13H18F2N2. The Bertz CT molecular complexity index is 361. The van der Waals surface area contributed by atoms with Crippen molar-refractivity contribution in [2.45, 2.75) is 25.4 Å². The zero-order valence-corrected chi connectivity index (χ0v) is 10.0. The fourth-order valence-corrected chi connectivity index (χ4v) is 2.31. The minimum atomic E-state index is -0.512. The summed E-state index contributed by atoms with van der Waals surface area (Å²) >= 11 is 0. The van der Waals surface area contributed by atoms with Crippen LogP contribution in [-0.4, -0.2) is 31.1 Å². The van der Waals surface area contributed by atoms with E-state index in [-0.39, 0.29) is 0 Å². The van der Waals surface area contributed by atoms with E-state index >= 15 is 0 Å². The lowest BCUT2D eigenvalue weighted by atomic mass is 10.1. The summed E-state index contributed by atoms with van der Waals surface area (Å²) in [6.07, 6.45) is 2.30. The highest BCUT2D eigenvalue weighted by Crippen LogP contribution is 2.11. The number of likely N-dealkylation sites (N-methyl/N-ethyl adjacent to an activating group) is 1. The van der Waals surface area contributed by atoms with Crippen molar-refractivity contribution in [2.24, 2.45) is 0 Å². The number of hydrogen-bond donors (Lipinski definition) is 1. The normalized spacial score (nSPS) is 21.7. The molecule has 1 atom stereocenters. The van der Waals surface area contributed by atoms with Crippen molar-refractivity contribution >= 4 is 0 Å². The standard InChI is InChI=1S/C13H18F2N2/c1-17-4-2-3-13(9-17)16-8-10-5-11(14)7-12(15)6-10/h5-7,13,16H,2-4,8-9H2,1H3. The highest BCUT2D eigenvalue weighted by Gasteiger charge is 2.16. The molecule has 0 radical (unpaired) electrons. The number of rotatable bonds is 3.